The van der Waals surface area contributed by atoms with Crippen LogP contribution in [0.15, 0.2) is 44.9 Å². The van der Waals surface area contributed by atoms with Gasteiger partial charge in [-0.1, -0.05) is 6.07 Å². The number of carbonyl (C=O) groups is 1. The smallest absolute Gasteiger partial charge is 0.340 e. The van der Waals surface area contributed by atoms with E-state index in [-0.39, 0.29) is 35.3 Å². The molecule has 0 amide bonds. The molecule has 0 saturated carbocycles. The molecule has 0 saturated heterocycles. The number of ether oxygens (including phenoxy) is 4. The predicted octanol–water partition coefficient (Wildman–Crippen LogP) is 1.41. The van der Waals surface area contributed by atoms with Crippen LogP contribution < -0.4 is 25.4 Å². The van der Waals surface area contributed by atoms with E-state index in [2.05, 4.69) is 0 Å². The van der Waals surface area contributed by atoms with Gasteiger partial charge in [-0.05, 0) is 24.6 Å². The van der Waals surface area contributed by atoms with Crippen LogP contribution in [-0.2, 0) is 16.1 Å². The first-order chi connectivity index (χ1) is 13.9. The summed E-state index contributed by atoms with van der Waals surface area (Å²) in [5.74, 6) is -1.13. The predicted molar refractivity (Wildman–Crippen MR) is 101 cm³/mol. The number of carbonyl (C=O) groups excluding carboxylic acids is 1. The molecule has 29 heavy (non-hydrogen) atoms. The Labute approximate surface area is 166 Å². The summed E-state index contributed by atoms with van der Waals surface area (Å²) in [6.07, 6.45) is 0. The molecule has 3 rings (SSSR count). The monoisotopic (exact) mass is 403 g/mol. The van der Waals surface area contributed by atoms with Crippen molar-refractivity contribution in [2.75, 3.05) is 20.8 Å². The Kier molecular flexibility index (Phi) is 5.79. The molecule has 0 unspecified atom stereocenters. The number of hydrogen-bond donors (Lipinski definition) is 2. The van der Waals surface area contributed by atoms with Crippen LogP contribution in [0.5, 0.6) is 17.2 Å². The summed E-state index contributed by atoms with van der Waals surface area (Å²) in [4.78, 5) is 25.1. The van der Waals surface area contributed by atoms with E-state index in [1.165, 1.54) is 14.2 Å². The lowest BCUT2D eigenvalue weighted by Crippen LogP contribution is -2.30. The Balaban J connectivity index is 2.28. The summed E-state index contributed by atoms with van der Waals surface area (Å²) in [6, 6.07) is 6.07. The minimum Gasteiger partial charge on any atom is -0.493 e. The van der Waals surface area contributed by atoms with Crippen LogP contribution in [-0.4, -0.2) is 31.9 Å². The first-order valence-corrected chi connectivity index (χ1v) is 8.79. The Morgan fingerprint density at radius 2 is 1.93 bits per heavy atom. The van der Waals surface area contributed by atoms with E-state index in [1.807, 2.05) is 0 Å². The van der Waals surface area contributed by atoms with Crippen LogP contribution in [0.2, 0.25) is 0 Å². The number of nitrogens with two attached hydrogens (primary N) is 1. The molecule has 1 aliphatic rings. The van der Waals surface area contributed by atoms with Crippen molar-refractivity contribution in [3.8, 4) is 17.2 Å². The fraction of sp³-hybridized carbons (Fsp3) is 0.300. The topological polar surface area (TPSA) is 130 Å². The summed E-state index contributed by atoms with van der Waals surface area (Å²) in [6.45, 7) is 1.26. The highest BCUT2D eigenvalue weighted by molar-refractivity contribution is 5.92. The Morgan fingerprint density at radius 3 is 2.55 bits per heavy atom. The highest BCUT2D eigenvalue weighted by atomic mass is 16.5. The van der Waals surface area contributed by atoms with Crippen molar-refractivity contribution in [1.29, 1.82) is 0 Å². The highest BCUT2D eigenvalue weighted by Crippen LogP contribution is 2.43. The number of fused-ring (bicyclic) bond motifs is 1. The average molecular weight is 403 g/mol. The molecule has 9 nitrogen and oxygen atoms in total. The van der Waals surface area contributed by atoms with Crippen LogP contribution in [0.4, 0.5) is 0 Å². The average Bonchev–Trinajstić information content (AvgIpc) is 2.72. The van der Waals surface area contributed by atoms with Gasteiger partial charge in [0.25, 0.3) is 0 Å². The fourth-order valence-corrected chi connectivity index (χ4v) is 3.13. The zero-order valence-corrected chi connectivity index (χ0v) is 16.2. The third kappa shape index (κ3) is 3.64. The second-order valence-corrected chi connectivity index (χ2v) is 6.08. The van der Waals surface area contributed by atoms with Gasteiger partial charge in [-0.25, -0.2) is 4.79 Å². The zero-order chi connectivity index (χ0) is 21.1. The molecule has 0 bridgehead atoms. The lowest BCUT2D eigenvalue weighted by atomic mass is 9.86. The maximum absolute atomic E-state index is 12.7. The summed E-state index contributed by atoms with van der Waals surface area (Å²) >= 11 is 0. The molecule has 1 aromatic heterocycles. The molecular weight excluding hydrogens is 382 g/mol. The normalized spacial score (nSPS) is 15.4. The summed E-state index contributed by atoms with van der Waals surface area (Å²) in [5, 5.41) is 9.44. The van der Waals surface area contributed by atoms with Crippen molar-refractivity contribution in [3.63, 3.8) is 0 Å². The molecule has 1 aromatic carbocycles. The number of benzene rings is 1. The van der Waals surface area contributed by atoms with E-state index >= 15 is 0 Å². The molecule has 9 heteroatoms. The van der Waals surface area contributed by atoms with Crippen LogP contribution >= 0.6 is 0 Å². The zero-order valence-electron chi connectivity index (χ0n) is 16.2. The lowest BCUT2D eigenvalue weighted by Gasteiger charge is -2.27. The van der Waals surface area contributed by atoms with Gasteiger partial charge in [0.1, 0.15) is 17.9 Å². The van der Waals surface area contributed by atoms with Crippen LogP contribution in [0.25, 0.3) is 0 Å². The maximum atomic E-state index is 12.7. The number of methoxy groups -OCH3 is 2. The minimum atomic E-state index is -0.920. The Bertz CT molecular complexity index is 1020. The van der Waals surface area contributed by atoms with E-state index < -0.39 is 23.9 Å². The van der Waals surface area contributed by atoms with Crippen molar-refractivity contribution < 1.29 is 33.3 Å². The second kappa shape index (κ2) is 8.27. The maximum Gasteiger partial charge on any atom is 0.340 e. The number of aliphatic hydroxyl groups excluding tert-OH is 1. The van der Waals surface area contributed by atoms with Crippen molar-refractivity contribution in [2.24, 2.45) is 5.73 Å². The molecule has 0 fully saturated rings. The number of esters is 1. The van der Waals surface area contributed by atoms with Gasteiger partial charge in [-0.2, -0.15) is 0 Å². The third-order valence-electron chi connectivity index (χ3n) is 4.40. The van der Waals surface area contributed by atoms with Crippen LogP contribution in [0, 0.1) is 0 Å². The van der Waals surface area contributed by atoms with Crippen LogP contribution in [0.1, 0.15) is 29.9 Å². The van der Waals surface area contributed by atoms with Gasteiger partial charge in [-0.3, -0.25) is 4.79 Å². The lowest BCUT2D eigenvalue weighted by molar-refractivity contribution is -0.139. The summed E-state index contributed by atoms with van der Waals surface area (Å²) in [7, 11) is 2.97. The first kappa shape index (κ1) is 20.3. The molecule has 154 valence electrons. The van der Waals surface area contributed by atoms with Crippen molar-refractivity contribution in [3.05, 3.63) is 63.0 Å². The van der Waals surface area contributed by atoms with Gasteiger partial charge < -0.3 is 34.2 Å². The molecule has 3 N–H and O–H groups in total. The second-order valence-electron chi connectivity index (χ2n) is 6.08. The molecule has 2 aromatic rings. The van der Waals surface area contributed by atoms with Gasteiger partial charge in [0, 0.05) is 6.07 Å². The van der Waals surface area contributed by atoms with Gasteiger partial charge in [0.15, 0.2) is 17.3 Å². The standard InChI is InChI=1S/C20H21NO8/c1-4-27-20(24)16-15(10-5-6-13(25-2)14(7-10)26-3)18-17(29-19(16)21)12(23)8-11(9-22)28-18/h5-8,15,22H,4,9,21H2,1-3H3/t15-/m0/s1. The summed E-state index contributed by atoms with van der Waals surface area (Å²) < 4.78 is 26.8. The van der Waals surface area contributed by atoms with E-state index in [0.717, 1.165) is 6.07 Å². The number of hydrogen-bond acceptors (Lipinski definition) is 9. The fourth-order valence-electron chi connectivity index (χ4n) is 3.13. The molecule has 2 heterocycles. The Morgan fingerprint density at radius 1 is 1.21 bits per heavy atom. The van der Waals surface area contributed by atoms with Crippen molar-refractivity contribution in [2.45, 2.75) is 19.4 Å². The van der Waals surface area contributed by atoms with E-state index in [9.17, 15) is 14.7 Å². The molecular formula is C20H21NO8. The van der Waals surface area contributed by atoms with Crippen molar-refractivity contribution in [1.82, 2.24) is 0 Å². The number of rotatable bonds is 6. The molecule has 0 radical (unpaired) electrons. The Hall–Kier alpha value is -3.46. The molecule has 0 spiro atoms. The minimum absolute atomic E-state index is 0.0199. The van der Waals surface area contributed by atoms with Gasteiger partial charge in [0.2, 0.25) is 17.1 Å². The highest BCUT2D eigenvalue weighted by Gasteiger charge is 2.39. The molecule has 1 aliphatic heterocycles. The van der Waals surface area contributed by atoms with E-state index in [0.29, 0.717) is 17.1 Å². The van der Waals surface area contributed by atoms with Crippen LogP contribution in [0.3, 0.4) is 0 Å². The van der Waals surface area contributed by atoms with Gasteiger partial charge >= 0.3 is 5.97 Å². The molecule has 1 atom stereocenters. The molecule has 0 aliphatic carbocycles. The largest absolute Gasteiger partial charge is 0.493 e. The third-order valence-corrected chi connectivity index (χ3v) is 4.40. The first-order valence-electron chi connectivity index (χ1n) is 8.79. The summed E-state index contributed by atoms with van der Waals surface area (Å²) in [5.41, 5.74) is 5.96. The van der Waals surface area contributed by atoms with Gasteiger partial charge in [-0.15, -0.1) is 0 Å². The van der Waals surface area contributed by atoms with Crippen molar-refractivity contribution >= 4 is 5.97 Å². The quantitative estimate of drug-likeness (QED) is 0.687. The van der Waals surface area contributed by atoms with Gasteiger partial charge in [0.05, 0.1) is 26.7 Å². The SMILES string of the molecule is CCOC(=O)C1=C(N)Oc2c(oc(CO)cc2=O)[C@H]1c1ccc(OC)c(OC)c1. The van der Waals surface area contributed by atoms with E-state index in [1.54, 1.807) is 25.1 Å². The number of aliphatic hydroxyl groups is 1. The van der Waals surface area contributed by atoms with E-state index in [4.69, 9.17) is 29.1 Å².